The van der Waals surface area contributed by atoms with Gasteiger partial charge in [-0.05, 0) is 44.2 Å². The van der Waals surface area contributed by atoms with Crippen molar-refractivity contribution in [2.75, 3.05) is 45.3 Å². The number of rotatable bonds is 9. The van der Waals surface area contributed by atoms with Crippen LogP contribution in [0.15, 0.2) is 42.5 Å². The minimum absolute atomic E-state index is 0.0681. The number of amides is 1. The third-order valence-corrected chi connectivity index (χ3v) is 6.12. The summed E-state index contributed by atoms with van der Waals surface area (Å²) >= 11 is 1.52. The monoisotopic (exact) mass is 414 g/mol. The third kappa shape index (κ3) is 4.86. The van der Waals surface area contributed by atoms with Crippen molar-refractivity contribution in [2.45, 2.75) is 13.8 Å². The molecular weight excluding hydrogens is 386 g/mol. The van der Waals surface area contributed by atoms with Crippen molar-refractivity contribution in [1.29, 1.82) is 0 Å². The number of hydrogen-bond acceptors (Lipinski definition) is 5. The lowest BCUT2D eigenvalue weighted by Gasteiger charge is -2.23. The third-order valence-electron chi connectivity index (χ3n) is 5.07. The molecule has 0 radical (unpaired) electrons. The molecule has 29 heavy (non-hydrogen) atoms. The number of fused-ring (bicyclic) bond motifs is 1. The summed E-state index contributed by atoms with van der Waals surface area (Å²) in [6.07, 6.45) is 0. The number of anilines is 1. The van der Waals surface area contributed by atoms with E-state index in [1.807, 2.05) is 36.4 Å². The molecule has 0 aliphatic heterocycles. The van der Waals surface area contributed by atoms with E-state index < -0.39 is 0 Å². The predicted octanol–water partition coefficient (Wildman–Crippen LogP) is 2.89. The molecule has 0 fully saturated rings. The second kappa shape index (κ2) is 9.71. The van der Waals surface area contributed by atoms with Crippen LogP contribution in [-0.2, 0) is 0 Å². The van der Waals surface area contributed by atoms with Crippen LogP contribution in [0.5, 0.6) is 11.5 Å². The maximum Gasteiger partial charge on any atom is 0.260 e. The summed E-state index contributed by atoms with van der Waals surface area (Å²) in [5.41, 5.74) is 1.43. The van der Waals surface area contributed by atoms with Gasteiger partial charge in [0.1, 0.15) is 11.5 Å². The van der Waals surface area contributed by atoms with E-state index >= 15 is 0 Å². The number of aromatic nitrogens is 1. The van der Waals surface area contributed by atoms with Gasteiger partial charge in [0.25, 0.3) is 5.91 Å². The van der Waals surface area contributed by atoms with Gasteiger partial charge in [0.15, 0.2) is 5.13 Å². The number of thiazole rings is 1. The Morgan fingerprint density at radius 1 is 1.07 bits per heavy atom. The van der Waals surface area contributed by atoms with Crippen LogP contribution in [0.25, 0.3) is 10.2 Å². The highest BCUT2D eigenvalue weighted by molar-refractivity contribution is 7.22. The SMILES string of the molecule is CC[NH+](CC)CCN(C(=O)c1cccc(OC)c1)c1nc2cc(OC)ccc2s1. The molecule has 0 aliphatic carbocycles. The molecule has 0 atom stereocenters. The van der Waals surface area contributed by atoms with Crippen molar-refractivity contribution in [2.24, 2.45) is 0 Å². The first-order chi connectivity index (χ1) is 14.1. The van der Waals surface area contributed by atoms with Crippen LogP contribution >= 0.6 is 11.3 Å². The van der Waals surface area contributed by atoms with Gasteiger partial charge in [-0.15, -0.1) is 0 Å². The van der Waals surface area contributed by atoms with Crippen LogP contribution in [0.3, 0.4) is 0 Å². The quantitative estimate of drug-likeness (QED) is 0.585. The van der Waals surface area contributed by atoms with Gasteiger partial charge in [0.2, 0.25) is 0 Å². The smallest absolute Gasteiger partial charge is 0.260 e. The number of benzene rings is 2. The van der Waals surface area contributed by atoms with Crippen molar-refractivity contribution < 1.29 is 19.2 Å². The van der Waals surface area contributed by atoms with Crippen LogP contribution < -0.4 is 19.3 Å². The Hall–Kier alpha value is -2.64. The number of ether oxygens (including phenoxy) is 2. The fraction of sp³-hybridized carbons (Fsp3) is 0.364. The van der Waals surface area contributed by atoms with E-state index in [2.05, 4.69) is 13.8 Å². The minimum Gasteiger partial charge on any atom is -0.497 e. The molecule has 3 rings (SSSR count). The molecular formula is C22H28N3O3S+. The Morgan fingerprint density at radius 2 is 1.79 bits per heavy atom. The van der Waals surface area contributed by atoms with E-state index in [-0.39, 0.29) is 5.91 Å². The fourth-order valence-electron chi connectivity index (χ4n) is 3.21. The summed E-state index contributed by atoms with van der Waals surface area (Å²) in [7, 11) is 3.24. The van der Waals surface area contributed by atoms with Gasteiger partial charge in [-0.2, -0.15) is 0 Å². The Bertz CT molecular complexity index is 969. The van der Waals surface area contributed by atoms with Crippen molar-refractivity contribution >= 4 is 32.6 Å². The number of nitrogens with one attached hydrogen (secondary N) is 1. The maximum atomic E-state index is 13.4. The molecule has 0 bridgehead atoms. The molecule has 3 aromatic rings. The summed E-state index contributed by atoms with van der Waals surface area (Å²) in [5.74, 6) is 1.35. The molecule has 0 saturated carbocycles. The van der Waals surface area contributed by atoms with Gasteiger partial charge in [-0.25, -0.2) is 4.98 Å². The zero-order valence-corrected chi connectivity index (χ0v) is 18.2. The predicted molar refractivity (Wildman–Crippen MR) is 118 cm³/mol. The molecule has 1 amide bonds. The highest BCUT2D eigenvalue weighted by Gasteiger charge is 2.23. The normalized spacial score (nSPS) is 11.1. The van der Waals surface area contributed by atoms with E-state index in [1.54, 1.807) is 25.2 Å². The van der Waals surface area contributed by atoms with Crippen LogP contribution in [0, 0.1) is 0 Å². The molecule has 0 aliphatic rings. The number of carbonyl (C=O) groups is 1. The van der Waals surface area contributed by atoms with Gasteiger partial charge in [-0.3, -0.25) is 9.69 Å². The minimum atomic E-state index is -0.0681. The lowest BCUT2D eigenvalue weighted by atomic mass is 10.2. The van der Waals surface area contributed by atoms with Crippen LogP contribution in [0.1, 0.15) is 24.2 Å². The van der Waals surface area contributed by atoms with Gasteiger partial charge in [-0.1, -0.05) is 17.4 Å². The number of likely N-dealkylation sites (N-methyl/N-ethyl adjacent to an activating group) is 1. The fourth-order valence-corrected chi connectivity index (χ4v) is 4.18. The highest BCUT2D eigenvalue weighted by Crippen LogP contribution is 2.32. The van der Waals surface area contributed by atoms with E-state index in [0.717, 1.165) is 35.6 Å². The second-order valence-electron chi connectivity index (χ2n) is 6.73. The lowest BCUT2D eigenvalue weighted by molar-refractivity contribution is -0.894. The van der Waals surface area contributed by atoms with Gasteiger partial charge >= 0.3 is 0 Å². The Kier molecular flexibility index (Phi) is 7.06. The molecule has 0 saturated heterocycles. The first kappa shape index (κ1) is 21.1. The molecule has 7 heteroatoms. The summed E-state index contributed by atoms with van der Waals surface area (Å²) < 4.78 is 11.6. The van der Waals surface area contributed by atoms with Gasteiger partial charge in [0, 0.05) is 11.6 Å². The average molecular weight is 415 g/mol. The molecule has 2 aromatic carbocycles. The molecule has 0 unspecified atom stereocenters. The molecule has 1 heterocycles. The van der Waals surface area contributed by atoms with Crippen molar-refractivity contribution in [1.82, 2.24) is 4.98 Å². The van der Waals surface area contributed by atoms with Crippen LogP contribution in [-0.4, -0.2) is 51.3 Å². The molecule has 154 valence electrons. The van der Waals surface area contributed by atoms with Gasteiger partial charge in [0.05, 0.1) is 50.6 Å². The first-order valence-corrected chi connectivity index (χ1v) is 10.6. The molecule has 0 spiro atoms. The summed E-state index contributed by atoms with van der Waals surface area (Å²) in [6, 6.07) is 13.1. The van der Waals surface area contributed by atoms with Crippen LogP contribution in [0.2, 0.25) is 0 Å². The summed E-state index contributed by atoms with van der Waals surface area (Å²) in [5, 5.41) is 0.702. The topological polar surface area (TPSA) is 56.1 Å². The number of quaternary nitrogens is 1. The molecule has 1 aromatic heterocycles. The Balaban J connectivity index is 1.96. The Labute approximate surface area is 175 Å². The number of carbonyl (C=O) groups excluding carboxylic acids is 1. The zero-order chi connectivity index (χ0) is 20.8. The van der Waals surface area contributed by atoms with Crippen molar-refractivity contribution in [3.63, 3.8) is 0 Å². The van der Waals surface area contributed by atoms with E-state index in [1.165, 1.54) is 16.2 Å². The summed E-state index contributed by atoms with van der Waals surface area (Å²) in [6.45, 7) is 7.84. The lowest BCUT2D eigenvalue weighted by Crippen LogP contribution is -3.12. The second-order valence-corrected chi connectivity index (χ2v) is 7.74. The highest BCUT2D eigenvalue weighted by atomic mass is 32.1. The standard InChI is InChI=1S/C22H27N3O3S/c1-5-24(6-2)12-13-25(21(26)16-8-7-9-17(14-16)27-3)22-23-19-15-18(28-4)10-11-20(19)29-22/h7-11,14-15H,5-6,12-13H2,1-4H3/p+1. The largest absolute Gasteiger partial charge is 0.497 e. The zero-order valence-electron chi connectivity index (χ0n) is 17.4. The van der Waals surface area contributed by atoms with E-state index in [4.69, 9.17) is 14.5 Å². The summed E-state index contributed by atoms with van der Waals surface area (Å²) in [4.78, 5) is 21.4. The number of methoxy groups -OCH3 is 2. The average Bonchev–Trinajstić information content (AvgIpc) is 3.19. The molecule has 6 nitrogen and oxygen atoms in total. The van der Waals surface area contributed by atoms with E-state index in [0.29, 0.717) is 23.0 Å². The van der Waals surface area contributed by atoms with E-state index in [9.17, 15) is 4.79 Å². The van der Waals surface area contributed by atoms with Crippen molar-refractivity contribution in [3.8, 4) is 11.5 Å². The molecule has 1 N–H and O–H groups in total. The van der Waals surface area contributed by atoms with Crippen molar-refractivity contribution in [3.05, 3.63) is 48.0 Å². The van der Waals surface area contributed by atoms with Crippen LogP contribution in [0.4, 0.5) is 5.13 Å². The maximum absolute atomic E-state index is 13.4. The number of hydrogen-bond donors (Lipinski definition) is 1. The number of nitrogens with zero attached hydrogens (tertiary/aromatic N) is 2. The first-order valence-electron chi connectivity index (χ1n) is 9.83. The van der Waals surface area contributed by atoms with Gasteiger partial charge < -0.3 is 14.4 Å². The Morgan fingerprint density at radius 3 is 2.48 bits per heavy atom.